The van der Waals surface area contributed by atoms with E-state index in [2.05, 4.69) is 12.2 Å². The number of nitrogens with one attached hydrogen (secondary N) is 1. The van der Waals surface area contributed by atoms with Crippen molar-refractivity contribution in [1.82, 2.24) is 5.32 Å². The molecule has 0 aromatic carbocycles. The van der Waals surface area contributed by atoms with Crippen LogP contribution in [0.2, 0.25) is 0 Å². The van der Waals surface area contributed by atoms with Gasteiger partial charge >= 0.3 is 0 Å². The molecule has 18 heavy (non-hydrogen) atoms. The van der Waals surface area contributed by atoms with E-state index in [1.165, 1.54) is 32.1 Å². The van der Waals surface area contributed by atoms with Gasteiger partial charge in [-0.2, -0.15) is 0 Å². The molecule has 4 nitrogen and oxygen atoms in total. The monoisotopic (exact) mass is 259 g/mol. The molecule has 0 bridgehead atoms. The Morgan fingerprint density at radius 3 is 2.94 bits per heavy atom. The number of likely N-dealkylation sites (N-methyl/N-ethyl adjacent to an activating group) is 1. The van der Waals surface area contributed by atoms with Gasteiger partial charge in [-0.05, 0) is 38.6 Å². The van der Waals surface area contributed by atoms with Gasteiger partial charge in [-0.15, -0.1) is 0 Å². The summed E-state index contributed by atoms with van der Waals surface area (Å²) in [6.07, 6.45) is 6.58. The van der Waals surface area contributed by atoms with Crippen LogP contribution in [0.3, 0.4) is 0 Å². The molecule has 2 atom stereocenters. The summed E-state index contributed by atoms with van der Waals surface area (Å²) in [5, 5.41) is 3.48. The van der Waals surface area contributed by atoms with Crippen molar-refractivity contribution in [2.24, 2.45) is 0 Å². The zero-order chi connectivity index (χ0) is 13.1. The fourth-order valence-corrected chi connectivity index (χ4v) is 2.36. The van der Waals surface area contributed by atoms with E-state index in [0.29, 0.717) is 25.4 Å². The van der Waals surface area contributed by atoms with Gasteiger partial charge in [0.15, 0.2) is 0 Å². The van der Waals surface area contributed by atoms with Gasteiger partial charge < -0.3 is 19.5 Å². The average molecular weight is 259 g/mol. The molecule has 1 rings (SSSR count). The van der Waals surface area contributed by atoms with E-state index in [1.807, 2.05) is 0 Å². The summed E-state index contributed by atoms with van der Waals surface area (Å²) in [6, 6.07) is 0.466. The smallest absolute Gasteiger partial charge is 0.0701 e. The average Bonchev–Trinajstić information content (AvgIpc) is 2.87. The second-order valence-corrected chi connectivity index (χ2v) is 4.89. The standard InChI is InChI=1S/C14H29NO3/c1-3-15-13(12-17-11-10-16-2)6-4-7-14-8-5-9-18-14/h13-15H,3-12H2,1-2H3. The summed E-state index contributed by atoms with van der Waals surface area (Å²) in [5.41, 5.74) is 0. The Labute approximate surface area is 111 Å². The molecule has 0 aliphatic carbocycles. The minimum absolute atomic E-state index is 0.466. The van der Waals surface area contributed by atoms with Crippen LogP contribution in [0.1, 0.15) is 39.0 Å². The van der Waals surface area contributed by atoms with E-state index in [9.17, 15) is 0 Å². The van der Waals surface area contributed by atoms with E-state index in [4.69, 9.17) is 14.2 Å². The van der Waals surface area contributed by atoms with E-state index >= 15 is 0 Å². The first-order valence-corrected chi connectivity index (χ1v) is 7.28. The van der Waals surface area contributed by atoms with Crippen molar-refractivity contribution in [3.05, 3.63) is 0 Å². The third-order valence-electron chi connectivity index (χ3n) is 3.35. The molecule has 2 unspecified atom stereocenters. The molecule has 108 valence electrons. The number of hydrogen-bond donors (Lipinski definition) is 1. The summed E-state index contributed by atoms with van der Waals surface area (Å²) in [7, 11) is 1.70. The van der Waals surface area contributed by atoms with E-state index in [-0.39, 0.29) is 0 Å². The SMILES string of the molecule is CCNC(CCCC1CCCO1)COCCOC. The van der Waals surface area contributed by atoms with Crippen LogP contribution in [0.4, 0.5) is 0 Å². The third-order valence-corrected chi connectivity index (χ3v) is 3.35. The lowest BCUT2D eigenvalue weighted by molar-refractivity contribution is 0.0557. The predicted molar refractivity (Wildman–Crippen MR) is 73.0 cm³/mol. The Morgan fingerprint density at radius 2 is 2.28 bits per heavy atom. The number of methoxy groups -OCH3 is 1. The van der Waals surface area contributed by atoms with Crippen LogP contribution in [-0.2, 0) is 14.2 Å². The fourth-order valence-electron chi connectivity index (χ4n) is 2.36. The highest BCUT2D eigenvalue weighted by Gasteiger charge is 2.16. The van der Waals surface area contributed by atoms with Crippen LogP contribution < -0.4 is 5.32 Å². The molecule has 0 aromatic rings. The van der Waals surface area contributed by atoms with Crippen molar-refractivity contribution in [1.29, 1.82) is 0 Å². The van der Waals surface area contributed by atoms with E-state index in [1.54, 1.807) is 7.11 Å². The Balaban J connectivity index is 2.04. The first-order valence-electron chi connectivity index (χ1n) is 7.28. The molecule has 1 N–H and O–H groups in total. The second-order valence-electron chi connectivity index (χ2n) is 4.89. The predicted octanol–water partition coefficient (Wildman–Crippen LogP) is 1.98. The second kappa shape index (κ2) is 10.7. The van der Waals surface area contributed by atoms with Gasteiger partial charge in [-0.3, -0.25) is 0 Å². The lowest BCUT2D eigenvalue weighted by atomic mass is 10.1. The molecule has 1 fully saturated rings. The van der Waals surface area contributed by atoms with Crippen molar-refractivity contribution < 1.29 is 14.2 Å². The minimum atomic E-state index is 0.466. The molecule has 1 aliphatic heterocycles. The van der Waals surface area contributed by atoms with Crippen LogP contribution >= 0.6 is 0 Å². The van der Waals surface area contributed by atoms with E-state index in [0.717, 1.165) is 19.8 Å². The van der Waals surface area contributed by atoms with Crippen molar-refractivity contribution in [3.63, 3.8) is 0 Å². The van der Waals surface area contributed by atoms with Crippen molar-refractivity contribution in [2.45, 2.75) is 51.2 Å². The summed E-state index contributed by atoms with van der Waals surface area (Å²) in [4.78, 5) is 0. The quantitative estimate of drug-likeness (QED) is 0.576. The van der Waals surface area contributed by atoms with Crippen molar-refractivity contribution >= 4 is 0 Å². The molecule has 1 aliphatic rings. The van der Waals surface area contributed by atoms with Crippen LogP contribution in [-0.4, -0.2) is 52.2 Å². The number of hydrogen-bond acceptors (Lipinski definition) is 4. The Kier molecular flexibility index (Phi) is 9.48. The Hall–Kier alpha value is -0.160. The third kappa shape index (κ3) is 7.31. The maximum Gasteiger partial charge on any atom is 0.0701 e. The first-order chi connectivity index (χ1) is 8.86. The van der Waals surface area contributed by atoms with Gasteiger partial charge in [0.1, 0.15) is 0 Å². The van der Waals surface area contributed by atoms with Gasteiger partial charge in [0.2, 0.25) is 0 Å². The van der Waals surface area contributed by atoms with Gasteiger partial charge in [-0.25, -0.2) is 0 Å². The number of ether oxygens (including phenoxy) is 3. The topological polar surface area (TPSA) is 39.7 Å². The molecule has 0 spiro atoms. The lowest BCUT2D eigenvalue weighted by Crippen LogP contribution is -2.34. The van der Waals surface area contributed by atoms with Crippen molar-refractivity contribution in [3.8, 4) is 0 Å². The summed E-state index contributed by atoms with van der Waals surface area (Å²) in [5.74, 6) is 0. The molecule has 0 amide bonds. The van der Waals surface area contributed by atoms with Crippen LogP contribution in [0.15, 0.2) is 0 Å². The zero-order valence-electron chi connectivity index (χ0n) is 12.0. The fraction of sp³-hybridized carbons (Fsp3) is 1.00. The van der Waals surface area contributed by atoms with Gasteiger partial charge in [0.25, 0.3) is 0 Å². The molecule has 4 heteroatoms. The van der Waals surface area contributed by atoms with Crippen LogP contribution in [0.25, 0.3) is 0 Å². The summed E-state index contributed by atoms with van der Waals surface area (Å²) < 4.78 is 16.2. The lowest BCUT2D eigenvalue weighted by Gasteiger charge is -2.18. The molecular formula is C14H29NO3. The normalized spacial score (nSPS) is 21.3. The largest absolute Gasteiger partial charge is 0.382 e. The molecule has 1 saturated heterocycles. The molecule has 0 radical (unpaired) electrons. The van der Waals surface area contributed by atoms with Crippen molar-refractivity contribution in [2.75, 3.05) is 40.1 Å². The molecular weight excluding hydrogens is 230 g/mol. The van der Waals surface area contributed by atoms with Gasteiger partial charge in [-0.1, -0.05) is 6.92 Å². The van der Waals surface area contributed by atoms with E-state index < -0.39 is 0 Å². The molecule has 0 saturated carbocycles. The molecule has 1 heterocycles. The van der Waals surface area contributed by atoms with Crippen LogP contribution in [0.5, 0.6) is 0 Å². The first kappa shape index (κ1) is 15.9. The maximum atomic E-state index is 5.64. The number of rotatable bonds is 11. The molecule has 0 aromatic heterocycles. The Bertz CT molecular complexity index is 184. The van der Waals surface area contributed by atoms with Gasteiger partial charge in [0, 0.05) is 19.8 Å². The minimum Gasteiger partial charge on any atom is -0.382 e. The zero-order valence-corrected chi connectivity index (χ0v) is 12.0. The van der Waals surface area contributed by atoms with Crippen LogP contribution in [0, 0.1) is 0 Å². The maximum absolute atomic E-state index is 5.64. The highest BCUT2D eigenvalue weighted by Crippen LogP contribution is 2.18. The summed E-state index contributed by atoms with van der Waals surface area (Å²) >= 11 is 0. The Morgan fingerprint density at radius 1 is 1.39 bits per heavy atom. The highest BCUT2D eigenvalue weighted by atomic mass is 16.5. The highest BCUT2D eigenvalue weighted by molar-refractivity contribution is 4.69. The summed E-state index contributed by atoms with van der Waals surface area (Å²) in [6.45, 7) is 6.24. The van der Waals surface area contributed by atoms with Gasteiger partial charge in [0.05, 0.1) is 25.9 Å².